The second-order valence-corrected chi connectivity index (χ2v) is 5.19. The SMILES string of the molecule is COc1ccc(NC2=C(C(=O)C(F)(F)F)CCCC2)cc1OC. The van der Waals surface area contributed by atoms with E-state index in [1.54, 1.807) is 18.2 Å². The fourth-order valence-electron chi connectivity index (χ4n) is 2.55. The normalized spacial score (nSPS) is 15.3. The van der Waals surface area contributed by atoms with Gasteiger partial charge in [0.05, 0.1) is 14.2 Å². The highest BCUT2D eigenvalue weighted by Gasteiger charge is 2.42. The summed E-state index contributed by atoms with van der Waals surface area (Å²) in [7, 11) is 2.97. The molecule has 0 atom stereocenters. The van der Waals surface area contributed by atoms with Crippen molar-refractivity contribution in [3.8, 4) is 11.5 Å². The van der Waals surface area contributed by atoms with E-state index in [0.717, 1.165) is 6.42 Å². The molecular formula is C16H18F3NO3. The van der Waals surface area contributed by atoms with E-state index < -0.39 is 12.0 Å². The van der Waals surface area contributed by atoms with Gasteiger partial charge in [0.15, 0.2) is 11.5 Å². The number of methoxy groups -OCH3 is 2. The highest BCUT2D eigenvalue weighted by molar-refractivity contribution is 6.00. The molecule has 1 aliphatic carbocycles. The molecule has 2 rings (SSSR count). The van der Waals surface area contributed by atoms with Gasteiger partial charge in [-0.05, 0) is 37.8 Å². The van der Waals surface area contributed by atoms with Crippen LogP contribution in [0.25, 0.3) is 0 Å². The highest BCUT2D eigenvalue weighted by atomic mass is 19.4. The summed E-state index contributed by atoms with van der Waals surface area (Å²) in [6.07, 6.45) is -2.99. The molecule has 0 fully saturated rings. The summed E-state index contributed by atoms with van der Waals surface area (Å²) < 4.78 is 48.4. The summed E-state index contributed by atoms with van der Waals surface area (Å²) in [5.74, 6) is -0.792. The minimum absolute atomic E-state index is 0.133. The largest absolute Gasteiger partial charge is 0.493 e. The van der Waals surface area contributed by atoms with E-state index in [-0.39, 0.29) is 12.0 Å². The first kappa shape index (κ1) is 17.2. The fraction of sp³-hybridized carbons (Fsp3) is 0.438. The number of ketones is 1. The van der Waals surface area contributed by atoms with Crippen molar-refractivity contribution < 1.29 is 27.4 Å². The number of benzene rings is 1. The van der Waals surface area contributed by atoms with Gasteiger partial charge in [-0.15, -0.1) is 0 Å². The summed E-state index contributed by atoms with van der Waals surface area (Å²) >= 11 is 0. The van der Waals surface area contributed by atoms with Crippen LogP contribution in [0.5, 0.6) is 11.5 Å². The molecule has 23 heavy (non-hydrogen) atoms. The van der Waals surface area contributed by atoms with Crippen LogP contribution in [-0.2, 0) is 4.79 Å². The third-order valence-electron chi connectivity index (χ3n) is 3.68. The summed E-state index contributed by atoms with van der Waals surface area (Å²) in [6.45, 7) is 0. The summed E-state index contributed by atoms with van der Waals surface area (Å²) in [6, 6.07) is 4.94. The lowest BCUT2D eigenvalue weighted by atomic mass is 9.93. The minimum atomic E-state index is -4.85. The van der Waals surface area contributed by atoms with Crippen LogP contribution in [0.15, 0.2) is 29.5 Å². The number of hydrogen-bond acceptors (Lipinski definition) is 4. The van der Waals surface area contributed by atoms with Crippen molar-refractivity contribution in [3.05, 3.63) is 29.5 Å². The number of hydrogen-bond donors (Lipinski definition) is 1. The molecule has 0 amide bonds. The molecule has 0 saturated carbocycles. The van der Waals surface area contributed by atoms with E-state index in [1.165, 1.54) is 14.2 Å². The Morgan fingerprint density at radius 2 is 1.74 bits per heavy atom. The zero-order chi connectivity index (χ0) is 17.0. The second kappa shape index (κ2) is 6.93. The zero-order valence-electron chi connectivity index (χ0n) is 12.9. The Labute approximate surface area is 132 Å². The van der Waals surface area contributed by atoms with Crippen molar-refractivity contribution in [2.24, 2.45) is 0 Å². The Hall–Kier alpha value is -2.18. The van der Waals surface area contributed by atoms with Crippen LogP contribution in [0.3, 0.4) is 0 Å². The lowest BCUT2D eigenvalue weighted by Crippen LogP contribution is -2.28. The number of carbonyl (C=O) groups is 1. The Morgan fingerprint density at radius 3 is 2.35 bits per heavy atom. The van der Waals surface area contributed by atoms with Gasteiger partial charge < -0.3 is 14.8 Å². The van der Waals surface area contributed by atoms with E-state index in [2.05, 4.69) is 5.32 Å². The first-order valence-corrected chi connectivity index (χ1v) is 7.19. The molecule has 0 aromatic heterocycles. The van der Waals surface area contributed by atoms with E-state index in [1.807, 2.05) is 0 Å². The number of carbonyl (C=O) groups excluding carboxylic acids is 1. The summed E-state index contributed by atoms with van der Waals surface area (Å²) in [4.78, 5) is 11.6. The number of allylic oxidation sites excluding steroid dienone is 2. The van der Waals surface area contributed by atoms with Gasteiger partial charge in [-0.3, -0.25) is 4.79 Å². The van der Waals surface area contributed by atoms with Crippen LogP contribution in [-0.4, -0.2) is 26.2 Å². The standard InChI is InChI=1S/C16H18F3NO3/c1-22-13-8-7-10(9-14(13)23-2)20-12-6-4-3-5-11(12)15(21)16(17,18)19/h7-9,20H,3-6H2,1-2H3. The molecule has 1 N–H and O–H groups in total. The van der Waals surface area contributed by atoms with Crippen molar-refractivity contribution in [2.45, 2.75) is 31.9 Å². The number of nitrogens with one attached hydrogen (secondary N) is 1. The van der Waals surface area contributed by atoms with Gasteiger partial charge >= 0.3 is 6.18 Å². The second-order valence-electron chi connectivity index (χ2n) is 5.19. The van der Waals surface area contributed by atoms with Gasteiger partial charge in [0.2, 0.25) is 0 Å². The van der Waals surface area contributed by atoms with Crippen molar-refractivity contribution in [1.29, 1.82) is 0 Å². The molecule has 1 aliphatic rings. The quantitative estimate of drug-likeness (QED) is 0.884. The molecule has 0 spiro atoms. The Bertz CT molecular complexity index is 623. The molecular weight excluding hydrogens is 311 g/mol. The van der Waals surface area contributed by atoms with Gasteiger partial charge in [0, 0.05) is 23.0 Å². The fourth-order valence-corrected chi connectivity index (χ4v) is 2.55. The molecule has 0 unspecified atom stereocenters. The van der Waals surface area contributed by atoms with Crippen molar-refractivity contribution in [3.63, 3.8) is 0 Å². The average molecular weight is 329 g/mol. The van der Waals surface area contributed by atoms with Crippen molar-refractivity contribution >= 4 is 11.5 Å². The zero-order valence-corrected chi connectivity index (χ0v) is 12.9. The van der Waals surface area contributed by atoms with E-state index >= 15 is 0 Å². The number of rotatable bonds is 5. The maximum atomic E-state index is 12.7. The van der Waals surface area contributed by atoms with Crippen LogP contribution in [0.4, 0.5) is 18.9 Å². The molecule has 0 aliphatic heterocycles. The van der Waals surface area contributed by atoms with Crippen LogP contribution in [0, 0.1) is 0 Å². The molecule has 4 nitrogen and oxygen atoms in total. The van der Waals surface area contributed by atoms with Gasteiger partial charge in [-0.1, -0.05) is 0 Å². The number of anilines is 1. The lowest BCUT2D eigenvalue weighted by Gasteiger charge is -2.22. The Kier molecular flexibility index (Phi) is 5.18. The van der Waals surface area contributed by atoms with Crippen molar-refractivity contribution in [1.82, 2.24) is 0 Å². The van der Waals surface area contributed by atoms with Crippen LogP contribution >= 0.6 is 0 Å². The van der Waals surface area contributed by atoms with Crippen LogP contribution in [0.1, 0.15) is 25.7 Å². The number of halogens is 3. The first-order chi connectivity index (χ1) is 10.9. The first-order valence-electron chi connectivity index (χ1n) is 7.19. The van der Waals surface area contributed by atoms with Crippen molar-refractivity contribution in [2.75, 3.05) is 19.5 Å². The maximum Gasteiger partial charge on any atom is 0.454 e. The molecule has 7 heteroatoms. The number of alkyl halides is 3. The molecule has 0 bridgehead atoms. The predicted octanol–water partition coefficient (Wildman–Crippen LogP) is 4.08. The van der Waals surface area contributed by atoms with Gasteiger partial charge in [-0.25, -0.2) is 0 Å². The molecule has 0 radical (unpaired) electrons. The molecule has 1 aromatic carbocycles. The van der Waals surface area contributed by atoms with E-state index in [0.29, 0.717) is 35.7 Å². The molecule has 1 aromatic rings. The topological polar surface area (TPSA) is 47.6 Å². The molecule has 0 heterocycles. The monoisotopic (exact) mass is 329 g/mol. The maximum absolute atomic E-state index is 12.7. The molecule has 126 valence electrons. The van der Waals surface area contributed by atoms with Gasteiger partial charge in [0.25, 0.3) is 5.78 Å². The number of Topliss-reactive ketones (excluding diaryl/α,β-unsaturated/α-hetero) is 1. The Morgan fingerprint density at radius 1 is 1.09 bits per heavy atom. The Balaban J connectivity index is 2.32. The third-order valence-corrected chi connectivity index (χ3v) is 3.68. The molecule has 0 saturated heterocycles. The number of ether oxygens (including phenoxy) is 2. The average Bonchev–Trinajstić information content (AvgIpc) is 2.53. The van der Waals surface area contributed by atoms with Crippen LogP contribution < -0.4 is 14.8 Å². The highest BCUT2D eigenvalue weighted by Crippen LogP contribution is 2.34. The van der Waals surface area contributed by atoms with E-state index in [4.69, 9.17) is 9.47 Å². The minimum Gasteiger partial charge on any atom is -0.493 e. The lowest BCUT2D eigenvalue weighted by molar-refractivity contribution is -0.166. The van der Waals surface area contributed by atoms with Gasteiger partial charge in [-0.2, -0.15) is 13.2 Å². The summed E-state index contributed by atoms with van der Waals surface area (Å²) in [5, 5.41) is 2.93. The predicted molar refractivity (Wildman–Crippen MR) is 79.7 cm³/mol. The van der Waals surface area contributed by atoms with Gasteiger partial charge in [0.1, 0.15) is 0 Å². The smallest absolute Gasteiger partial charge is 0.454 e. The van der Waals surface area contributed by atoms with Crippen LogP contribution in [0.2, 0.25) is 0 Å². The van der Waals surface area contributed by atoms with E-state index in [9.17, 15) is 18.0 Å². The summed E-state index contributed by atoms with van der Waals surface area (Å²) in [5.41, 5.74) is 0.691. The third kappa shape index (κ3) is 3.97.